The van der Waals surface area contributed by atoms with Crippen molar-refractivity contribution in [3.8, 4) is 0 Å². The number of anilines is 1. The molecule has 1 aliphatic rings. The van der Waals surface area contributed by atoms with Crippen LogP contribution in [0.5, 0.6) is 0 Å². The first-order valence-corrected chi connectivity index (χ1v) is 5.50. The summed E-state index contributed by atoms with van der Waals surface area (Å²) in [4.78, 5) is 30.7. The molecule has 2 aromatic heterocycles. The second kappa shape index (κ2) is 3.22. The second-order valence-electron chi connectivity index (χ2n) is 4.41. The van der Waals surface area contributed by atoms with E-state index in [4.69, 9.17) is 0 Å². The van der Waals surface area contributed by atoms with E-state index in [0.717, 1.165) is 17.4 Å². The van der Waals surface area contributed by atoms with Gasteiger partial charge in [0.15, 0.2) is 11.2 Å². The Morgan fingerprint density at radius 3 is 2.65 bits per heavy atom. The molecule has 7 heteroatoms. The molecular weight excluding hydrogens is 222 g/mol. The molecule has 0 aliphatic heterocycles. The van der Waals surface area contributed by atoms with E-state index in [1.54, 1.807) is 7.05 Å². The molecule has 0 unspecified atom stereocenters. The van der Waals surface area contributed by atoms with Crippen LogP contribution in [0, 0.1) is 0 Å². The Kier molecular flexibility index (Phi) is 1.92. The number of imidazole rings is 1. The SMILES string of the molecule is Cn1c(=O)c2[nH]c(NC3CC3)nc2n(C)c1=O. The Bertz CT molecular complexity index is 704. The van der Waals surface area contributed by atoms with E-state index in [9.17, 15) is 9.59 Å². The first-order valence-electron chi connectivity index (χ1n) is 5.50. The summed E-state index contributed by atoms with van der Waals surface area (Å²) in [6, 6.07) is 0.441. The lowest BCUT2D eigenvalue weighted by molar-refractivity contribution is 0.709. The highest BCUT2D eigenvalue weighted by Crippen LogP contribution is 2.23. The summed E-state index contributed by atoms with van der Waals surface area (Å²) in [5.41, 5.74) is 0.0328. The minimum absolute atomic E-state index is 0.348. The van der Waals surface area contributed by atoms with Gasteiger partial charge in [0.05, 0.1) is 0 Å². The molecule has 0 spiro atoms. The van der Waals surface area contributed by atoms with Crippen molar-refractivity contribution in [2.45, 2.75) is 18.9 Å². The number of hydrogen-bond acceptors (Lipinski definition) is 4. The number of nitrogens with zero attached hydrogens (tertiary/aromatic N) is 3. The Morgan fingerprint density at radius 1 is 1.29 bits per heavy atom. The fraction of sp³-hybridized carbons (Fsp3) is 0.500. The van der Waals surface area contributed by atoms with Gasteiger partial charge in [0.25, 0.3) is 5.56 Å². The average molecular weight is 235 g/mol. The molecule has 0 bridgehead atoms. The van der Waals surface area contributed by atoms with Crippen LogP contribution < -0.4 is 16.6 Å². The standard InChI is InChI=1S/C10H13N5O2/c1-14-7-6(8(16)15(2)10(14)17)12-9(13-7)11-5-3-4-5/h5H,3-4H2,1-2H3,(H2,11,12,13). The fourth-order valence-corrected chi connectivity index (χ4v) is 1.82. The van der Waals surface area contributed by atoms with Crippen LogP contribution in [0.1, 0.15) is 12.8 Å². The largest absolute Gasteiger partial charge is 0.353 e. The summed E-state index contributed by atoms with van der Waals surface area (Å²) in [6.45, 7) is 0. The van der Waals surface area contributed by atoms with Gasteiger partial charge in [-0.05, 0) is 12.8 Å². The zero-order valence-corrected chi connectivity index (χ0v) is 9.65. The van der Waals surface area contributed by atoms with Gasteiger partial charge in [-0.15, -0.1) is 0 Å². The van der Waals surface area contributed by atoms with E-state index in [1.165, 1.54) is 11.6 Å². The minimum atomic E-state index is -0.369. The molecule has 1 aliphatic carbocycles. The number of aromatic nitrogens is 4. The summed E-state index contributed by atoms with van der Waals surface area (Å²) in [5.74, 6) is 0.556. The topological polar surface area (TPSA) is 84.7 Å². The predicted octanol–water partition coefficient (Wildman–Crippen LogP) is -0.465. The number of rotatable bonds is 2. The van der Waals surface area contributed by atoms with Gasteiger partial charge in [0.2, 0.25) is 5.95 Å². The molecule has 0 amide bonds. The highest BCUT2D eigenvalue weighted by molar-refractivity contribution is 5.72. The van der Waals surface area contributed by atoms with Crippen LogP contribution in [0.25, 0.3) is 11.2 Å². The molecule has 0 aromatic carbocycles. The van der Waals surface area contributed by atoms with E-state index in [1.807, 2.05) is 0 Å². The van der Waals surface area contributed by atoms with Gasteiger partial charge in [-0.2, -0.15) is 4.98 Å². The van der Waals surface area contributed by atoms with Crippen LogP contribution in [0.15, 0.2) is 9.59 Å². The Morgan fingerprint density at radius 2 is 2.00 bits per heavy atom. The zero-order chi connectivity index (χ0) is 12.2. The number of nitrogens with one attached hydrogen (secondary N) is 2. The summed E-state index contributed by atoms with van der Waals surface area (Å²) in [7, 11) is 3.06. The number of H-pyrrole nitrogens is 1. The van der Waals surface area contributed by atoms with Crippen molar-refractivity contribution >= 4 is 17.1 Å². The molecule has 2 heterocycles. The summed E-state index contributed by atoms with van der Waals surface area (Å²) >= 11 is 0. The number of aromatic amines is 1. The van der Waals surface area contributed by atoms with Crippen molar-refractivity contribution in [2.75, 3.05) is 5.32 Å². The van der Waals surface area contributed by atoms with Crippen LogP contribution in [0.2, 0.25) is 0 Å². The van der Waals surface area contributed by atoms with Crippen molar-refractivity contribution in [3.05, 3.63) is 20.8 Å². The summed E-state index contributed by atoms with van der Waals surface area (Å²) in [5, 5.41) is 3.17. The molecule has 0 atom stereocenters. The Balaban J connectivity index is 2.27. The lowest BCUT2D eigenvalue weighted by atomic mass is 10.5. The first kappa shape index (κ1) is 10.1. The van der Waals surface area contributed by atoms with Gasteiger partial charge < -0.3 is 10.3 Å². The highest BCUT2D eigenvalue weighted by atomic mass is 16.2. The van der Waals surface area contributed by atoms with E-state index in [2.05, 4.69) is 15.3 Å². The molecule has 0 radical (unpaired) electrons. The number of fused-ring (bicyclic) bond motifs is 1. The molecule has 7 nitrogen and oxygen atoms in total. The van der Waals surface area contributed by atoms with E-state index < -0.39 is 0 Å². The quantitative estimate of drug-likeness (QED) is 0.737. The van der Waals surface area contributed by atoms with Gasteiger partial charge in [-0.3, -0.25) is 13.9 Å². The van der Waals surface area contributed by atoms with Crippen LogP contribution in [0.4, 0.5) is 5.95 Å². The third-order valence-corrected chi connectivity index (χ3v) is 3.01. The monoisotopic (exact) mass is 235 g/mol. The van der Waals surface area contributed by atoms with Crippen molar-refractivity contribution in [1.29, 1.82) is 0 Å². The van der Waals surface area contributed by atoms with E-state index in [-0.39, 0.29) is 11.2 Å². The van der Waals surface area contributed by atoms with Gasteiger partial charge in [0, 0.05) is 20.1 Å². The molecular formula is C10H13N5O2. The Labute approximate surface area is 96.1 Å². The van der Waals surface area contributed by atoms with Crippen LogP contribution in [0.3, 0.4) is 0 Å². The summed E-state index contributed by atoms with van der Waals surface area (Å²) in [6.07, 6.45) is 2.24. The van der Waals surface area contributed by atoms with E-state index in [0.29, 0.717) is 23.2 Å². The normalized spacial score (nSPS) is 15.4. The highest BCUT2D eigenvalue weighted by Gasteiger charge is 2.23. The Hall–Kier alpha value is -2.05. The van der Waals surface area contributed by atoms with E-state index >= 15 is 0 Å². The van der Waals surface area contributed by atoms with Crippen molar-refractivity contribution in [3.63, 3.8) is 0 Å². The van der Waals surface area contributed by atoms with Gasteiger partial charge in [-0.1, -0.05) is 0 Å². The third-order valence-electron chi connectivity index (χ3n) is 3.01. The van der Waals surface area contributed by atoms with Gasteiger partial charge in [-0.25, -0.2) is 4.79 Å². The molecule has 1 saturated carbocycles. The average Bonchev–Trinajstić information content (AvgIpc) is 3.01. The van der Waals surface area contributed by atoms with Crippen LogP contribution in [-0.4, -0.2) is 25.1 Å². The lowest BCUT2D eigenvalue weighted by Crippen LogP contribution is -2.36. The smallest absolute Gasteiger partial charge is 0.332 e. The van der Waals surface area contributed by atoms with Crippen LogP contribution >= 0.6 is 0 Å². The maximum absolute atomic E-state index is 11.9. The third kappa shape index (κ3) is 1.46. The molecule has 3 rings (SSSR count). The maximum atomic E-state index is 11.9. The first-order chi connectivity index (χ1) is 8.08. The molecule has 2 N–H and O–H groups in total. The molecule has 0 saturated heterocycles. The maximum Gasteiger partial charge on any atom is 0.332 e. The van der Waals surface area contributed by atoms with Crippen molar-refractivity contribution in [2.24, 2.45) is 14.1 Å². The minimum Gasteiger partial charge on any atom is -0.353 e. The molecule has 2 aromatic rings. The van der Waals surface area contributed by atoms with Crippen molar-refractivity contribution < 1.29 is 0 Å². The molecule has 1 fully saturated rings. The van der Waals surface area contributed by atoms with Crippen LogP contribution in [-0.2, 0) is 14.1 Å². The van der Waals surface area contributed by atoms with Gasteiger partial charge in [0.1, 0.15) is 0 Å². The van der Waals surface area contributed by atoms with Gasteiger partial charge >= 0.3 is 5.69 Å². The molecule has 90 valence electrons. The number of hydrogen-bond donors (Lipinski definition) is 2. The number of aryl methyl sites for hydroxylation is 1. The predicted molar refractivity (Wildman–Crippen MR) is 63.2 cm³/mol. The summed E-state index contributed by atoms with van der Waals surface area (Å²) < 4.78 is 2.44. The van der Waals surface area contributed by atoms with Crippen molar-refractivity contribution in [1.82, 2.24) is 19.1 Å². The zero-order valence-electron chi connectivity index (χ0n) is 9.65. The fourth-order valence-electron chi connectivity index (χ4n) is 1.82. The lowest BCUT2D eigenvalue weighted by Gasteiger charge is -2.00. The second-order valence-corrected chi connectivity index (χ2v) is 4.41. The molecule has 17 heavy (non-hydrogen) atoms.